The predicted octanol–water partition coefficient (Wildman–Crippen LogP) is 5.99. The molecule has 3 heterocycles. The molecule has 4 rings (SSSR count). The average Bonchev–Trinajstić information content (AvgIpc) is 3.90. The van der Waals surface area contributed by atoms with Crippen molar-refractivity contribution in [3.8, 4) is 0 Å². The van der Waals surface area contributed by atoms with E-state index in [1.54, 1.807) is 5.38 Å². The van der Waals surface area contributed by atoms with Crippen molar-refractivity contribution in [3.63, 3.8) is 0 Å². The quantitative estimate of drug-likeness (QED) is 0.0962. The molecule has 1 fully saturated rings. The van der Waals surface area contributed by atoms with Crippen LogP contribution in [-0.4, -0.2) is 92.1 Å². The Morgan fingerprint density at radius 3 is 2.43 bits per heavy atom. The molecule has 298 valence electrons. The summed E-state index contributed by atoms with van der Waals surface area (Å²) in [6, 6.07) is 8.80. The van der Waals surface area contributed by atoms with Gasteiger partial charge in [0.25, 0.3) is 5.91 Å². The van der Waals surface area contributed by atoms with Gasteiger partial charge in [-0.2, -0.15) is 5.21 Å². The number of tetrazole rings is 1. The number of aromatic nitrogens is 5. The van der Waals surface area contributed by atoms with Gasteiger partial charge in [-0.3, -0.25) is 14.4 Å². The van der Waals surface area contributed by atoms with Crippen molar-refractivity contribution in [3.05, 3.63) is 57.8 Å². The number of nitrogens with one attached hydrogen (secondary N) is 4. The largest absolute Gasteiger partial charge is 0.371 e. The summed E-state index contributed by atoms with van der Waals surface area (Å²) in [4.78, 5) is 48.6. The number of H-pyrrole nitrogens is 1. The lowest BCUT2D eigenvalue weighted by Gasteiger charge is -2.39. The third-order valence-corrected chi connectivity index (χ3v) is 11.4. The van der Waals surface area contributed by atoms with Crippen molar-refractivity contribution >= 4 is 29.1 Å². The minimum atomic E-state index is -0.629. The molecule has 13 nitrogen and oxygen atoms in total. The van der Waals surface area contributed by atoms with Crippen LogP contribution in [0, 0.1) is 11.8 Å². The molecule has 14 heteroatoms. The Kier molecular flexibility index (Phi) is 17.5. The van der Waals surface area contributed by atoms with Crippen molar-refractivity contribution in [1.29, 1.82) is 0 Å². The Balaban J connectivity index is 1.54. The summed E-state index contributed by atoms with van der Waals surface area (Å²) in [6.07, 6.45) is 6.54. The number of thiazole rings is 1. The second kappa shape index (κ2) is 22.0. The van der Waals surface area contributed by atoms with E-state index in [9.17, 15) is 14.4 Å². The normalized spacial score (nSPS) is 18.0. The molecule has 1 saturated heterocycles. The van der Waals surface area contributed by atoms with E-state index in [1.165, 1.54) is 11.3 Å². The molecule has 0 saturated carbocycles. The second-order valence-electron chi connectivity index (χ2n) is 15.2. The highest BCUT2D eigenvalue weighted by Gasteiger charge is 2.37. The number of aromatic amines is 1. The number of carbonyl (C=O) groups excluding carboxylic acids is 3. The Morgan fingerprint density at radius 2 is 1.80 bits per heavy atom. The summed E-state index contributed by atoms with van der Waals surface area (Å²) < 4.78 is 6.46. The standard InChI is InChI=1S/C40H63N9O4S/c1-8-20-49(40(52)35(27(6)10-3)44-37(50)31-18-14-15-19-41-31)33(26(4)5)24-34(53-21-9-2)39-43-32(25-54-39)38(51)42-30(23-29-16-12-11-13-17-29)22-28(7)36-45-47-48-46-36/h11-13,16-17,25-28,30-31,33-35,41H,8-10,14-15,18-24H2,1-7H3,(H,42,51)(H,44,50)(H,45,46,47,48)/t27-,28-,30+,31+,33+,34+,35-/m0/s1. The van der Waals surface area contributed by atoms with Gasteiger partial charge in [-0.25, -0.2) is 4.98 Å². The maximum Gasteiger partial charge on any atom is 0.270 e. The lowest BCUT2D eigenvalue weighted by Crippen LogP contribution is -2.58. The van der Waals surface area contributed by atoms with Gasteiger partial charge in [-0.1, -0.05) is 96.9 Å². The van der Waals surface area contributed by atoms with Gasteiger partial charge in [-0.05, 0) is 62.5 Å². The highest BCUT2D eigenvalue weighted by molar-refractivity contribution is 7.09. The van der Waals surface area contributed by atoms with Crippen LogP contribution in [0.5, 0.6) is 0 Å². The molecule has 3 amide bonds. The van der Waals surface area contributed by atoms with Gasteiger partial charge in [0.1, 0.15) is 22.8 Å². The molecule has 1 aliphatic rings. The molecule has 1 aliphatic heterocycles. The van der Waals surface area contributed by atoms with Crippen LogP contribution < -0.4 is 16.0 Å². The van der Waals surface area contributed by atoms with Gasteiger partial charge >= 0.3 is 0 Å². The molecule has 0 aliphatic carbocycles. The maximum atomic E-state index is 14.6. The van der Waals surface area contributed by atoms with Crippen molar-refractivity contribution in [2.24, 2.45) is 11.8 Å². The first kappa shape index (κ1) is 43.0. The van der Waals surface area contributed by atoms with Crippen LogP contribution in [0.1, 0.15) is 139 Å². The van der Waals surface area contributed by atoms with E-state index >= 15 is 0 Å². The number of nitrogens with zero attached hydrogens (tertiary/aromatic N) is 5. The fourth-order valence-electron chi connectivity index (χ4n) is 7.15. The van der Waals surface area contributed by atoms with Crippen LogP contribution in [0.2, 0.25) is 0 Å². The molecular weight excluding hydrogens is 703 g/mol. The molecule has 2 aromatic heterocycles. The molecule has 7 atom stereocenters. The number of ether oxygens (including phenoxy) is 1. The summed E-state index contributed by atoms with van der Waals surface area (Å²) in [6.45, 7) is 16.4. The average molecular weight is 766 g/mol. The SMILES string of the molecule is CCCO[C@H](C[C@H](C(C)C)N(CCC)C(=O)[C@@H](NC(=O)[C@H]1CCCCN1)[C@@H](C)CC)c1nc(C(=O)N[C@@H](Cc2ccccc2)C[C@H](C)c2nn[nH]n2)cs1. The number of piperidine rings is 1. The van der Waals surface area contributed by atoms with E-state index in [1.807, 2.05) is 36.9 Å². The first-order valence-corrected chi connectivity index (χ1v) is 20.9. The fraction of sp³-hybridized carbons (Fsp3) is 0.675. The zero-order valence-electron chi connectivity index (χ0n) is 33.3. The van der Waals surface area contributed by atoms with Crippen LogP contribution in [0.4, 0.5) is 0 Å². The molecular formula is C40H63N9O4S. The van der Waals surface area contributed by atoms with Gasteiger partial charge in [0.2, 0.25) is 11.8 Å². The van der Waals surface area contributed by atoms with Gasteiger partial charge in [0.05, 0.1) is 6.04 Å². The molecule has 54 heavy (non-hydrogen) atoms. The lowest BCUT2D eigenvalue weighted by atomic mass is 9.92. The number of hydrogen-bond acceptors (Lipinski definition) is 10. The smallest absolute Gasteiger partial charge is 0.270 e. The Bertz CT molecular complexity index is 1550. The minimum Gasteiger partial charge on any atom is -0.371 e. The molecule has 4 N–H and O–H groups in total. The number of rotatable bonds is 22. The lowest BCUT2D eigenvalue weighted by molar-refractivity contribution is -0.142. The second-order valence-corrected chi connectivity index (χ2v) is 16.0. The number of hydrogen-bond donors (Lipinski definition) is 4. The van der Waals surface area contributed by atoms with Crippen LogP contribution in [0.25, 0.3) is 0 Å². The third-order valence-electron chi connectivity index (χ3n) is 10.4. The molecule has 0 bridgehead atoms. The summed E-state index contributed by atoms with van der Waals surface area (Å²) >= 11 is 1.41. The molecule has 3 aromatic rings. The summed E-state index contributed by atoms with van der Waals surface area (Å²) in [7, 11) is 0. The van der Waals surface area contributed by atoms with Gasteiger partial charge in [-0.15, -0.1) is 21.5 Å². The van der Waals surface area contributed by atoms with Crippen molar-refractivity contribution in [1.82, 2.24) is 46.5 Å². The van der Waals surface area contributed by atoms with Crippen molar-refractivity contribution < 1.29 is 19.1 Å². The van der Waals surface area contributed by atoms with Crippen LogP contribution in [0.3, 0.4) is 0 Å². The van der Waals surface area contributed by atoms with E-state index in [0.29, 0.717) is 48.9 Å². The van der Waals surface area contributed by atoms with Gasteiger partial charge < -0.3 is 25.6 Å². The van der Waals surface area contributed by atoms with Gasteiger partial charge in [0, 0.05) is 43.0 Å². The van der Waals surface area contributed by atoms with Crippen LogP contribution in [0.15, 0.2) is 35.7 Å². The van der Waals surface area contributed by atoms with Gasteiger partial charge in [0.15, 0.2) is 5.82 Å². The Morgan fingerprint density at radius 1 is 1.02 bits per heavy atom. The topological polar surface area (TPSA) is 167 Å². The number of carbonyl (C=O) groups is 3. The third kappa shape index (κ3) is 12.4. The van der Waals surface area contributed by atoms with E-state index < -0.39 is 12.1 Å². The van der Waals surface area contributed by atoms with E-state index in [-0.39, 0.29) is 53.6 Å². The molecule has 0 spiro atoms. The van der Waals surface area contributed by atoms with Crippen molar-refractivity contribution in [2.45, 2.75) is 142 Å². The maximum absolute atomic E-state index is 14.6. The number of benzene rings is 1. The first-order chi connectivity index (χ1) is 26.1. The van der Waals surface area contributed by atoms with Crippen LogP contribution in [-0.2, 0) is 20.7 Å². The fourth-order valence-corrected chi connectivity index (χ4v) is 8.01. The summed E-state index contributed by atoms with van der Waals surface area (Å²) in [5.74, 6) is 0.226. The van der Waals surface area contributed by atoms with Crippen molar-refractivity contribution in [2.75, 3.05) is 19.7 Å². The predicted molar refractivity (Wildman–Crippen MR) is 212 cm³/mol. The van der Waals surface area contributed by atoms with E-state index in [0.717, 1.165) is 50.6 Å². The Labute approximate surface area is 325 Å². The number of amides is 3. The molecule has 0 unspecified atom stereocenters. The van der Waals surface area contributed by atoms with E-state index in [2.05, 4.69) is 83.3 Å². The highest BCUT2D eigenvalue weighted by Crippen LogP contribution is 2.32. The zero-order valence-corrected chi connectivity index (χ0v) is 34.2. The first-order valence-electron chi connectivity index (χ1n) is 20.0. The summed E-state index contributed by atoms with van der Waals surface area (Å²) in [5, 5.41) is 26.8. The highest BCUT2D eigenvalue weighted by atomic mass is 32.1. The Hall–Kier alpha value is -3.75. The monoisotopic (exact) mass is 765 g/mol. The summed E-state index contributed by atoms with van der Waals surface area (Å²) in [5.41, 5.74) is 1.45. The minimum absolute atomic E-state index is 0.0329. The van der Waals surface area contributed by atoms with Crippen LogP contribution >= 0.6 is 11.3 Å². The molecule has 0 radical (unpaired) electrons. The van der Waals surface area contributed by atoms with E-state index in [4.69, 9.17) is 9.72 Å². The zero-order chi connectivity index (χ0) is 39.0. The molecule has 1 aromatic carbocycles.